The van der Waals surface area contributed by atoms with E-state index in [9.17, 15) is 14.4 Å². The summed E-state index contributed by atoms with van der Waals surface area (Å²) in [5.74, 6) is 0.0922. The summed E-state index contributed by atoms with van der Waals surface area (Å²) in [6, 6.07) is 22.3. The highest BCUT2D eigenvalue weighted by atomic mass is 16.5. The minimum Gasteiger partial charge on any atom is -0.423 e. The Morgan fingerprint density at radius 3 is 2.45 bits per heavy atom. The number of benzene rings is 3. The molecule has 1 heterocycles. The highest BCUT2D eigenvalue weighted by Crippen LogP contribution is 2.24. The highest BCUT2D eigenvalue weighted by Gasteiger charge is 2.31. The molecule has 1 aliphatic rings. The number of carbonyl (C=O) groups is 2. The van der Waals surface area contributed by atoms with Crippen LogP contribution in [0, 0.1) is 5.41 Å². The highest BCUT2D eigenvalue weighted by molar-refractivity contribution is 5.93. The van der Waals surface area contributed by atoms with Crippen LogP contribution in [0.4, 0.5) is 5.69 Å². The van der Waals surface area contributed by atoms with Crippen LogP contribution >= 0.6 is 0 Å². The average molecular weight is 542 g/mol. The Kier molecular flexibility index (Phi) is 9.43. The molecule has 1 saturated heterocycles. The van der Waals surface area contributed by atoms with E-state index in [2.05, 4.69) is 15.5 Å². The third kappa shape index (κ3) is 7.42. The molecule has 40 heavy (non-hydrogen) atoms. The standard InChI is InChI=1S/C30H31N5O5/c1-20(22-9-13-25(14-10-22)39-29(38)23-7-11-24(12-8-23)34-30(31)32)28(37)40-27(19-36)26-17-33-15-16-35(26)18-21-5-3-2-4-6-21/h2-14,20,26,33H,15-18H2,1H3,(H4,31,32,34). The summed E-state index contributed by atoms with van der Waals surface area (Å²) in [7, 11) is 0. The van der Waals surface area contributed by atoms with Gasteiger partial charge in [0.05, 0.1) is 17.5 Å². The van der Waals surface area contributed by atoms with Crippen LogP contribution in [0.15, 0.2) is 84.6 Å². The fourth-order valence-corrected chi connectivity index (χ4v) is 4.34. The van der Waals surface area contributed by atoms with Crippen molar-refractivity contribution in [2.75, 3.05) is 25.0 Å². The number of hydrogen-bond donors (Lipinski definition) is 4. The van der Waals surface area contributed by atoms with Crippen LogP contribution in [-0.2, 0) is 20.9 Å². The normalized spacial score (nSPS) is 15.8. The van der Waals surface area contributed by atoms with E-state index >= 15 is 0 Å². The van der Waals surface area contributed by atoms with Gasteiger partial charge in [0.1, 0.15) is 5.75 Å². The predicted molar refractivity (Wildman–Crippen MR) is 151 cm³/mol. The Hall–Kier alpha value is -4.76. The van der Waals surface area contributed by atoms with Crippen LogP contribution in [0.1, 0.15) is 34.3 Å². The zero-order valence-electron chi connectivity index (χ0n) is 22.1. The number of carbonyl (C=O) groups excluding carboxylic acids is 3. The fraction of sp³-hybridized carbons (Fsp3) is 0.233. The van der Waals surface area contributed by atoms with Crippen molar-refractivity contribution in [2.45, 2.75) is 25.4 Å². The molecule has 1 aliphatic heterocycles. The summed E-state index contributed by atoms with van der Waals surface area (Å²) in [6.07, 6.45) is 0. The lowest BCUT2D eigenvalue weighted by Gasteiger charge is -2.35. The second kappa shape index (κ2) is 13.3. The molecule has 3 aromatic rings. The second-order valence-electron chi connectivity index (χ2n) is 9.36. The number of esters is 2. The molecule has 0 spiro atoms. The Bertz CT molecular complexity index is 1390. The van der Waals surface area contributed by atoms with Gasteiger partial charge in [0, 0.05) is 31.9 Å². The van der Waals surface area contributed by atoms with E-state index in [1.165, 1.54) is 0 Å². The number of rotatable bonds is 9. The van der Waals surface area contributed by atoms with E-state index in [0.29, 0.717) is 42.2 Å². The molecule has 206 valence electrons. The number of piperazine rings is 1. The molecule has 5 N–H and O–H groups in total. The molecule has 0 radical (unpaired) electrons. The van der Waals surface area contributed by atoms with Crippen LogP contribution in [0.2, 0.25) is 0 Å². The van der Waals surface area contributed by atoms with E-state index in [-0.39, 0.29) is 11.7 Å². The Morgan fingerprint density at radius 2 is 1.80 bits per heavy atom. The third-order valence-electron chi connectivity index (χ3n) is 6.54. The van der Waals surface area contributed by atoms with Crippen LogP contribution in [0.3, 0.4) is 0 Å². The van der Waals surface area contributed by atoms with Crippen LogP contribution in [0.25, 0.3) is 0 Å². The summed E-state index contributed by atoms with van der Waals surface area (Å²) in [4.78, 5) is 39.4. The molecular weight excluding hydrogens is 510 g/mol. The zero-order chi connectivity index (χ0) is 28.5. The lowest BCUT2D eigenvalue weighted by Crippen LogP contribution is -2.52. The van der Waals surface area contributed by atoms with Crippen molar-refractivity contribution in [1.82, 2.24) is 10.2 Å². The van der Waals surface area contributed by atoms with Gasteiger partial charge in [-0.2, -0.15) is 0 Å². The molecule has 10 heteroatoms. The van der Waals surface area contributed by atoms with Crippen molar-refractivity contribution < 1.29 is 23.9 Å². The molecule has 0 aromatic heterocycles. The molecule has 10 nitrogen and oxygen atoms in total. The first-order chi connectivity index (χ1) is 19.3. The lowest BCUT2D eigenvalue weighted by atomic mass is 10.0. The quantitative estimate of drug-likeness (QED) is 0.0801. The molecule has 2 atom stereocenters. The van der Waals surface area contributed by atoms with Crippen molar-refractivity contribution in [3.05, 3.63) is 101 Å². The van der Waals surface area contributed by atoms with E-state index in [1.807, 2.05) is 36.3 Å². The number of hydrogen-bond acceptors (Lipinski definition) is 8. The largest absolute Gasteiger partial charge is 0.423 e. The first kappa shape index (κ1) is 28.3. The van der Waals surface area contributed by atoms with E-state index in [4.69, 9.17) is 20.6 Å². The van der Waals surface area contributed by atoms with Gasteiger partial charge in [0.25, 0.3) is 0 Å². The number of nitrogens with two attached hydrogens (primary N) is 1. The van der Waals surface area contributed by atoms with E-state index in [1.54, 1.807) is 55.5 Å². The maximum atomic E-state index is 13.0. The molecule has 0 aliphatic carbocycles. The van der Waals surface area contributed by atoms with Crippen molar-refractivity contribution in [3.8, 4) is 5.75 Å². The van der Waals surface area contributed by atoms with Gasteiger partial charge in [-0.25, -0.2) is 9.59 Å². The van der Waals surface area contributed by atoms with E-state index in [0.717, 1.165) is 12.1 Å². The Morgan fingerprint density at radius 1 is 1.10 bits per heavy atom. The summed E-state index contributed by atoms with van der Waals surface area (Å²) in [6.45, 7) is 4.22. The number of nitrogens with zero attached hydrogens (tertiary/aromatic N) is 1. The minimum absolute atomic E-state index is 0.0462. The molecule has 0 amide bonds. The van der Waals surface area contributed by atoms with Gasteiger partial charge < -0.3 is 25.8 Å². The fourth-order valence-electron chi connectivity index (χ4n) is 4.34. The molecular formula is C30H31N5O5. The molecule has 0 bridgehead atoms. The van der Waals surface area contributed by atoms with Gasteiger partial charge >= 0.3 is 11.9 Å². The molecule has 0 saturated carbocycles. The van der Waals surface area contributed by atoms with E-state index < -0.39 is 23.9 Å². The van der Waals surface area contributed by atoms with Gasteiger partial charge in [-0.3, -0.25) is 15.1 Å². The average Bonchev–Trinajstić information content (AvgIpc) is 2.97. The van der Waals surface area contributed by atoms with Crippen molar-refractivity contribution >= 4 is 29.5 Å². The zero-order valence-corrected chi connectivity index (χ0v) is 22.1. The predicted octanol–water partition coefficient (Wildman–Crippen LogP) is 3.05. The minimum atomic E-state index is -0.673. The Labute approximate surface area is 232 Å². The number of ether oxygens (including phenoxy) is 2. The van der Waals surface area contributed by atoms with Crippen LogP contribution in [0.5, 0.6) is 5.75 Å². The Balaban J connectivity index is 1.36. The van der Waals surface area contributed by atoms with Crippen molar-refractivity contribution in [2.24, 2.45) is 5.73 Å². The lowest BCUT2D eigenvalue weighted by molar-refractivity contribution is -0.141. The second-order valence-corrected chi connectivity index (χ2v) is 9.36. The SMILES string of the molecule is CC(C(=O)OC(=C=O)C1CNCCN1Cc1ccccc1)c1ccc(OC(=O)c2ccc(NC(=N)N)cc2)cc1. The summed E-state index contributed by atoms with van der Waals surface area (Å²) in [5, 5.41) is 13.1. The van der Waals surface area contributed by atoms with Crippen molar-refractivity contribution in [1.29, 1.82) is 5.41 Å². The van der Waals surface area contributed by atoms with Crippen LogP contribution in [-0.4, -0.2) is 54.4 Å². The maximum absolute atomic E-state index is 13.0. The van der Waals surface area contributed by atoms with Crippen LogP contribution < -0.4 is 21.1 Å². The number of guanidine groups is 1. The molecule has 3 aromatic carbocycles. The summed E-state index contributed by atoms with van der Waals surface area (Å²) in [5.41, 5.74) is 7.93. The number of anilines is 1. The first-order valence-corrected chi connectivity index (χ1v) is 12.8. The third-order valence-corrected chi connectivity index (χ3v) is 6.54. The van der Waals surface area contributed by atoms with Gasteiger partial charge in [0.2, 0.25) is 5.76 Å². The van der Waals surface area contributed by atoms with Crippen molar-refractivity contribution in [3.63, 3.8) is 0 Å². The summed E-state index contributed by atoms with van der Waals surface area (Å²) >= 11 is 0. The maximum Gasteiger partial charge on any atom is 0.343 e. The first-order valence-electron chi connectivity index (χ1n) is 12.8. The summed E-state index contributed by atoms with van der Waals surface area (Å²) < 4.78 is 11.0. The molecule has 4 rings (SSSR count). The smallest absolute Gasteiger partial charge is 0.343 e. The van der Waals surface area contributed by atoms with Gasteiger partial charge in [-0.05, 0) is 54.4 Å². The van der Waals surface area contributed by atoms with Gasteiger partial charge in [0.15, 0.2) is 11.9 Å². The van der Waals surface area contributed by atoms with Gasteiger partial charge in [-0.15, -0.1) is 0 Å². The number of nitrogens with one attached hydrogen (secondary N) is 3. The van der Waals surface area contributed by atoms with Gasteiger partial charge in [-0.1, -0.05) is 42.5 Å². The molecule has 2 unspecified atom stereocenters. The topological polar surface area (TPSA) is 147 Å². The molecule has 1 fully saturated rings. The monoisotopic (exact) mass is 541 g/mol.